The highest BCUT2D eigenvalue weighted by Crippen LogP contribution is 2.35. The Morgan fingerprint density at radius 3 is 3.04 bits per heavy atom. The van der Waals surface area contributed by atoms with Crippen LogP contribution in [0.15, 0.2) is 59.6 Å². The number of rotatable bonds is 6. The van der Waals surface area contributed by atoms with Gasteiger partial charge in [0.2, 0.25) is 0 Å². The van der Waals surface area contributed by atoms with E-state index in [2.05, 4.69) is 15.3 Å². The van der Waals surface area contributed by atoms with E-state index in [1.807, 2.05) is 35.7 Å². The summed E-state index contributed by atoms with van der Waals surface area (Å²) in [5.41, 5.74) is 2.29. The molecule has 0 aliphatic rings. The number of aromatic hydroxyl groups is 1. The number of nitrogens with zero attached hydrogens (tertiary/aromatic N) is 3. The topological polar surface area (TPSA) is 84.8 Å². The number of anilines is 1. The quantitative estimate of drug-likeness (QED) is 0.551. The standard InChI is InChI=1S/C19H18N4O3/c1-2-25-16-10-13(5-6-15(16)24)18-19(21-11-14-4-3-9-26-14)23-8-7-20-12-17(23)22-18/h3-10,12,21,24H,2,11H2,1H3. The Balaban J connectivity index is 1.78. The van der Waals surface area contributed by atoms with E-state index in [0.717, 1.165) is 28.5 Å². The Labute approximate surface area is 149 Å². The molecule has 3 aromatic heterocycles. The molecule has 0 amide bonds. The zero-order chi connectivity index (χ0) is 17.9. The Hall–Kier alpha value is -3.48. The molecular weight excluding hydrogens is 332 g/mol. The van der Waals surface area contributed by atoms with Crippen molar-refractivity contribution >= 4 is 11.5 Å². The maximum Gasteiger partial charge on any atom is 0.161 e. The number of phenols is 1. The minimum atomic E-state index is 0.103. The number of benzene rings is 1. The molecule has 0 unspecified atom stereocenters. The zero-order valence-corrected chi connectivity index (χ0v) is 14.2. The number of furan rings is 1. The maximum absolute atomic E-state index is 9.96. The van der Waals surface area contributed by atoms with Crippen LogP contribution in [0, 0.1) is 0 Å². The Morgan fingerprint density at radius 2 is 2.23 bits per heavy atom. The van der Waals surface area contributed by atoms with Crippen molar-refractivity contribution in [1.29, 1.82) is 0 Å². The largest absolute Gasteiger partial charge is 0.504 e. The summed E-state index contributed by atoms with van der Waals surface area (Å²) in [6, 6.07) is 8.96. The van der Waals surface area contributed by atoms with Crippen LogP contribution < -0.4 is 10.1 Å². The number of hydrogen-bond donors (Lipinski definition) is 2. The van der Waals surface area contributed by atoms with Gasteiger partial charge in [-0.05, 0) is 37.3 Å². The van der Waals surface area contributed by atoms with Gasteiger partial charge in [-0.25, -0.2) is 4.98 Å². The summed E-state index contributed by atoms with van der Waals surface area (Å²) in [5, 5.41) is 13.3. The minimum absolute atomic E-state index is 0.103. The summed E-state index contributed by atoms with van der Waals surface area (Å²) < 4.78 is 12.8. The van der Waals surface area contributed by atoms with Gasteiger partial charge in [-0.1, -0.05) is 0 Å². The summed E-state index contributed by atoms with van der Waals surface area (Å²) in [4.78, 5) is 8.82. The molecule has 0 atom stereocenters. The van der Waals surface area contributed by atoms with Crippen molar-refractivity contribution in [2.75, 3.05) is 11.9 Å². The molecule has 0 radical (unpaired) electrons. The first-order chi connectivity index (χ1) is 12.8. The van der Waals surface area contributed by atoms with Gasteiger partial charge in [-0.2, -0.15) is 0 Å². The molecule has 7 nitrogen and oxygen atoms in total. The zero-order valence-electron chi connectivity index (χ0n) is 14.2. The average molecular weight is 350 g/mol. The van der Waals surface area contributed by atoms with Crippen LogP contribution in [0.1, 0.15) is 12.7 Å². The minimum Gasteiger partial charge on any atom is -0.504 e. The van der Waals surface area contributed by atoms with E-state index in [1.165, 1.54) is 0 Å². The smallest absolute Gasteiger partial charge is 0.161 e. The molecule has 0 aliphatic carbocycles. The van der Waals surface area contributed by atoms with E-state index in [-0.39, 0.29) is 5.75 Å². The lowest BCUT2D eigenvalue weighted by Crippen LogP contribution is -2.02. The summed E-state index contributed by atoms with van der Waals surface area (Å²) in [6.45, 7) is 2.86. The van der Waals surface area contributed by atoms with Gasteiger partial charge in [0.05, 0.1) is 25.6 Å². The van der Waals surface area contributed by atoms with E-state index in [4.69, 9.17) is 9.15 Å². The molecule has 7 heteroatoms. The van der Waals surface area contributed by atoms with E-state index < -0.39 is 0 Å². The van der Waals surface area contributed by atoms with Crippen LogP contribution in [-0.2, 0) is 6.54 Å². The van der Waals surface area contributed by atoms with Crippen molar-refractivity contribution < 1.29 is 14.3 Å². The molecule has 0 spiro atoms. The van der Waals surface area contributed by atoms with Crippen LogP contribution in [0.5, 0.6) is 11.5 Å². The first-order valence-corrected chi connectivity index (χ1v) is 8.30. The fourth-order valence-electron chi connectivity index (χ4n) is 2.79. The molecule has 0 aliphatic heterocycles. The van der Waals surface area contributed by atoms with Crippen LogP contribution in [0.25, 0.3) is 16.9 Å². The first-order valence-electron chi connectivity index (χ1n) is 8.30. The molecule has 0 saturated heterocycles. The van der Waals surface area contributed by atoms with Gasteiger partial charge in [0.15, 0.2) is 17.1 Å². The monoisotopic (exact) mass is 350 g/mol. The molecule has 0 bridgehead atoms. The van der Waals surface area contributed by atoms with Gasteiger partial charge in [0.25, 0.3) is 0 Å². The third kappa shape index (κ3) is 2.95. The number of nitrogens with one attached hydrogen (secondary N) is 1. The van der Waals surface area contributed by atoms with Crippen LogP contribution in [0.2, 0.25) is 0 Å². The Morgan fingerprint density at radius 1 is 1.31 bits per heavy atom. The SMILES string of the molecule is CCOc1cc(-c2nc3cnccn3c2NCc2ccco2)ccc1O. The van der Waals surface area contributed by atoms with Crippen LogP contribution in [-0.4, -0.2) is 26.1 Å². The third-order valence-corrected chi connectivity index (χ3v) is 3.97. The van der Waals surface area contributed by atoms with Crippen molar-refractivity contribution in [1.82, 2.24) is 14.4 Å². The number of hydrogen-bond acceptors (Lipinski definition) is 6. The Bertz CT molecular complexity index is 1020. The summed E-state index contributed by atoms with van der Waals surface area (Å²) >= 11 is 0. The van der Waals surface area contributed by atoms with Crippen molar-refractivity contribution in [2.45, 2.75) is 13.5 Å². The normalized spacial score (nSPS) is 11.0. The fraction of sp³-hybridized carbons (Fsp3) is 0.158. The second kappa shape index (κ2) is 6.79. The lowest BCUT2D eigenvalue weighted by atomic mass is 10.1. The molecule has 1 aromatic carbocycles. The number of aromatic nitrogens is 3. The van der Waals surface area contributed by atoms with Gasteiger partial charge in [0, 0.05) is 18.0 Å². The highest BCUT2D eigenvalue weighted by atomic mass is 16.5. The fourth-order valence-corrected chi connectivity index (χ4v) is 2.79. The summed E-state index contributed by atoms with van der Waals surface area (Å²) in [7, 11) is 0. The van der Waals surface area contributed by atoms with Crippen LogP contribution in [0.4, 0.5) is 5.82 Å². The molecule has 4 rings (SSSR count). The molecule has 132 valence electrons. The highest BCUT2D eigenvalue weighted by Gasteiger charge is 2.16. The number of fused-ring (bicyclic) bond motifs is 1. The molecule has 0 fully saturated rings. The van der Waals surface area contributed by atoms with Gasteiger partial charge < -0.3 is 19.6 Å². The van der Waals surface area contributed by atoms with Crippen molar-refractivity contribution in [3.8, 4) is 22.8 Å². The number of imidazole rings is 1. The van der Waals surface area contributed by atoms with Crippen LogP contribution >= 0.6 is 0 Å². The van der Waals surface area contributed by atoms with Crippen molar-refractivity contribution in [3.63, 3.8) is 0 Å². The van der Waals surface area contributed by atoms with Crippen LogP contribution in [0.3, 0.4) is 0 Å². The molecule has 4 aromatic rings. The highest BCUT2D eigenvalue weighted by molar-refractivity contribution is 5.77. The third-order valence-electron chi connectivity index (χ3n) is 3.97. The molecular formula is C19H18N4O3. The Kier molecular flexibility index (Phi) is 4.18. The lowest BCUT2D eigenvalue weighted by Gasteiger charge is -2.10. The molecule has 26 heavy (non-hydrogen) atoms. The van der Waals surface area contributed by atoms with E-state index in [0.29, 0.717) is 18.9 Å². The number of ether oxygens (including phenoxy) is 1. The molecule has 3 heterocycles. The first kappa shape index (κ1) is 16.0. The average Bonchev–Trinajstić information content (AvgIpc) is 3.29. The van der Waals surface area contributed by atoms with E-state index in [9.17, 15) is 5.11 Å². The second-order valence-corrected chi connectivity index (χ2v) is 5.66. The second-order valence-electron chi connectivity index (χ2n) is 5.66. The van der Waals surface area contributed by atoms with Crippen molar-refractivity contribution in [3.05, 3.63) is 60.9 Å². The van der Waals surface area contributed by atoms with Gasteiger partial charge >= 0.3 is 0 Å². The lowest BCUT2D eigenvalue weighted by molar-refractivity contribution is 0.318. The van der Waals surface area contributed by atoms with Gasteiger partial charge in [0.1, 0.15) is 17.3 Å². The maximum atomic E-state index is 9.96. The summed E-state index contributed by atoms with van der Waals surface area (Å²) in [5.74, 6) is 2.16. The predicted octanol–water partition coefficient (Wildman–Crippen LogP) is 3.71. The number of phenolic OH excluding ortho intramolecular Hbond substituents is 1. The van der Waals surface area contributed by atoms with Gasteiger partial charge in [-0.15, -0.1) is 0 Å². The molecule has 0 saturated carbocycles. The molecule has 2 N–H and O–H groups in total. The summed E-state index contributed by atoms with van der Waals surface area (Å²) in [6.07, 6.45) is 6.90. The van der Waals surface area contributed by atoms with E-state index >= 15 is 0 Å². The van der Waals surface area contributed by atoms with Gasteiger partial charge in [-0.3, -0.25) is 9.38 Å². The van der Waals surface area contributed by atoms with Crippen molar-refractivity contribution in [2.24, 2.45) is 0 Å². The predicted molar refractivity (Wildman–Crippen MR) is 97.3 cm³/mol. The van der Waals surface area contributed by atoms with E-state index in [1.54, 1.807) is 30.8 Å².